The quantitative estimate of drug-likeness (QED) is 0.650. The molecule has 0 saturated heterocycles. The number of rotatable bonds is 1. The van der Waals surface area contributed by atoms with Gasteiger partial charge in [0, 0.05) is 11.9 Å². The minimum Gasteiger partial charge on any atom is -0.494 e. The van der Waals surface area contributed by atoms with E-state index in [-0.39, 0.29) is 0 Å². The zero-order chi connectivity index (χ0) is 8.39. The Balaban J connectivity index is 2.61. The fraction of sp³-hybridized carbons (Fsp3) is 0.143. The van der Waals surface area contributed by atoms with Crippen LogP contribution in [0.1, 0.15) is 0 Å². The van der Waals surface area contributed by atoms with Crippen LogP contribution in [0.2, 0.25) is 0 Å². The van der Waals surface area contributed by atoms with Gasteiger partial charge in [-0.15, -0.1) is 3.77 Å². The minimum atomic E-state index is 0.808. The van der Waals surface area contributed by atoms with Gasteiger partial charge in [0.15, 0.2) is 0 Å². The number of ether oxygens (including phenoxy) is 1. The summed E-state index contributed by atoms with van der Waals surface area (Å²) >= 11 is 2.63. The van der Waals surface area contributed by atoms with Crippen LogP contribution in [0.5, 0.6) is 5.75 Å². The van der Waals surface area contributed by atoms with Crippen LogP contribution in [0.3, 0.4) is 0 Å². The van der Waals surface area contributed by atoms with Crippen LogP contribution in [0.15, 0.2) is 31.2 Å². The molecule has 2 rings (SSSR count). The summed E-state index contributed by atoms with van der Waals surface area (Å²) < 4.78 is 13.3. The van der Waals surface area contributed by atoms with Crippen molar-refractivity contribution in [2.24, 2.45) is 8.13 Å². The van der Waals surface area contributed by atoms with Crippen molar-refractivity contribution in [3.63, 3.8) is 0 Å². The molecule has 0 aromatic heterocycles. The molecular weight excluding hydrogens is 192 g/mol. The Hall–Kier alpha value is -0.810. The van der Waals surface area contributed by atoms with Gasteiger partial charge < -0.3 is 4.74 Å². The molecule has 1 aromatic carbocycles. The molecule has 0 atom stereocenters. The van der Waals surface area contributed by atoms with Crippen molar-refractivity contribution in [1.29, 1.82) is 0 Å². The molecule has 1 heterocycles. The van der Waals surface area contributed by atoms with E-state index in [0.29, 0.717) is 0 Å². The van der Waals surface area contributed by atoms with E-state index < -0.39 is 0 Å². The Morgan fingerprint density at radius 3 is 3.17 bits per heavy atom. The van der Waals surface area contributed by atoms with Gasteiger partial charge in [-0.2, -0.15) is 4.36 Å². The monoisotopic (exact) mass is 198 g/mol. The van der Waals surface area contributed by atoms with Crippen LogP contribution in [0.25, 0.3) is 0 Å². The predicted molar refractivity (Wildman–Crippen MR) is 50.7 cm³/mol. The van der Waals surface area contributed by atoms with Crippen molar-refractivity contribution >= 4 is 29.0 Å². The molecule has 0 spiro atoms. The number of nitrogens with zero attached hydrogens (tertiary/aromatic N) is 2. The summed E-state index contributed by atoms with van der Waals surface area (Å²) in [5.41, 5.74) is 0.894. The highest BCUT2D eigenvalue weighted by molar-refractivity contribution is 8.01. The highest BCUT2D eigenvalue weighted by Gasteiger charge is 2.09. The third kappa shape index (κ3) is 1.25. The van der Waals surface area contributed by atoms with Crippen LogP contribution in [0, 0.1) is 0 Å². The molecule has 0 fully saturated rings. The lowest BCUT2D eigenvalue weighted by molar-refractivity contribution is 0.415. The van der Waals surface area contributed by atoms with Gasteiger partial charge in [0.25, 0.3) is 0 Å². The number of methoxy groups -OCH3 is 1. The normalized spacial score (nSPS) is 13.4. The maximum atomic E-state index is 5.15. The molecule has 1 aliphatic rings. The fourth-order valence-corrected chi connectivity index (χ4v) is 2.23. The zero-order valence-corrected chi connectivity index (χ0v) is 7.98. The molecule has 12 heavy (non-hydrogen) atoms. The Labute approximate surface area is 78.2 Å². The molecule has 0 radical (unpaired) electrons. The SMILES string of the molecule is COc1cccc2c1N=S=NS2. The summed E-state index contributed by atoms with van der Waals surface area (Å²) in [6.07, 6.45) is 0. The second kappa shape index (κ2) is 3.28. The van der Waals surface area contributed by atoms with Crippen LogP contribution >= 0.6 is 11.9 Å². The summed E-state index contributed by atoms with van der Waals surface area (Å²) in [6, 6.07) is 5.82. The summed E-state index contributed by atoms with van der Waals surface area (Å²) in [5.74, 6) is 0.808. The van der Waals surface area contributed by atoms with Crippen molar-refractivity contribution in [2.75, 3.05) is 7.11 Å². The minimum absolute atomic E-state index is 0.808. The lowest BCUT2D eigenvalue weighted by Gasteiger charge is -2.07. The van der Waals surface area contributed by atoms with Crippen molar-refractivity contribution in [2.45, 2.75) is 4.90 Å². The van der Waals surface area contributed by atoms with Crippen molar-refractivity contribution in [1.82, 2.24) is 0 Å². The van der Waals surface area contributed by atoms with Crippen molar-refractivity contribution in [3.05, 3.63) is 18.2 Å². The molecule has 0 bridgehead atoms. The molecule has 1 aromatic rings. The molecule has 5 heteroatoms. The summed E-state index contributed by atoms with van der Waals surface area (Å²) in [5, 5.41) is 0. The van der Waals surface area contributed by atoms with E-state index in [0.717, 1.165) is 16.3 Å². The maximum absolute atomic E-state index is 5.15. The summed E-state index contributed by atoms with van der Waals surface area (Å²) in [7, 11) is 1.65. The topological polar surface area (TPSA) is 34.0 Å². The van der Waals surface area contributed by atoms with E-state index >= 15 is 0 Å². The molecular formula is C7H6N2OS2. The van der Waals surface area contributed by atoms with E-state index in [1.807, 2.05) is 18.2 Å². The first-order valence-corrected chi connectivity index (χ1v) is 4.84. The standard InChI is InChI=1S/C7H6N2OS2/c1-10-5-3-2-4-6-7(5)8-12-9-11-6/h2-4H,1H3. The van der Waals surface area contributed by atoms with E-state index in [1.54, 1.807) is 7.11 Å². The highest BCUT2D eigenvalue weighted by atomic mass is 32.2. The van der Waals surface area contributed by atoms with Crippen LogP contribution < -0.4 is 4.74 Å². The van der Waals surface area contributed by atoms with E-state index in [1.165, 1.54) is 23.3 Å². The van der Waals surface area contributed by atoms with Crippen molar-refractivity contribution in [3.8, 4) is 5.75 Å². The third-order valence-electron chi connectivity index (χ3n) is 1.48. The average molecular weight is 198 g/mol. The van der Waals surface area contributed by atoms with Gasteiger partial charge >= 0.3 is 0 Å². The summed E-state index contributed by atoms with van der Waals surface area (Å²) in [6.45, 7) is 0. The largest absolute Gasteiger partial charge is 0.494 e. The van der Waals surface area contributed by atoms with Crippen LogP contribution in [-0.2, 0) is 11.4 Å². The Kier molecular flexibility index (Phi) is 2.14. The smallest absolute Gasteiger partial charge is 0.146 e. The zero-order valence-electron chi connectivity index (χ0n) is 6.35. The van der Waals surface area contributed by atoms with Crippen molar-refractivity contribution < 1.29 is 4.74 Å². The third-order valence-corrected chi connectivity index (χ3v) is 2.84. The van der Waals surface area contributed by atoms with Gasteiger partial charge in [-0.1, -0.05) is 6.07 Å². The molecule has 0 amide bonds. The van der Waals surface area contributed by atoms with Gasteiger partial charge in [0.05, 0.1) is 23.4 Å². The lowest BCUT2D eigenvalue weighted by atomic mass is 10.3. The van der Waals surface area contributed by atoms with E-state index in [2.05, 4.69) is 8.13 Å². The fourth-order valence-electron chi connectivity index (χ4n) is 0.945. The van der Waals surface area contributed by atoms with Gasteiger partial charge in [-0.3, -0.25) is 0 Å². The van der Waals surface area contributed by atoms with E-state index in [4.69, 9.17) is 4.74 Å². The molecule has 3 nitrogen and oxygen atoms in total. The molecule has 1 aliphatic heterocycles. The molecule has 0 unspecified atom stereocenters. The lowest BCUT2D eigenvalue weighted by Crippen LogP contribution is -1.85. The summed E-state index contributed by atoms with van der Waals surface area (Å²) in [4.78, 5) is 1.05. The molecule has 0 saturated carbocycles. The predicted octanol–water partition coefficient (Wildman–Crippen LogP) is 2.80. The van der Waals surface area contributed by atoms with Crippen LogP contribution in [-0.4, -0.2) is 7.11 Å². The molecule has 0 aliphatic carbocycles. The van der Waals surface area contributed by atoms with E-state index in [9.17, 15) is 0 Å². The number of hydrogen-bond acceptors (Lipinski definition) is 4. The first-order valence-electron chi connectivity index (χ1n) is 3.33. The van der Waals surface area contributed by atoms with Gasteiger partial charge in [-0.05, 0) is 12.1 Å². The Bertz CT molecular complexity index is 372. The average Bonchev–Trinajstić information content (AvgIpc) is 2.17. The number of hydrogen-bond donors (Lipinski definition) is 0. The second-order valence-electron chi connectivity index (χ2n) is 2.15. The number of benzene rings is 1. The Morgan fingerprint density at radius 2 is 2.33 bits per heavy atom. The molecule has 0 N–H and O–H groups in total. The van der Waals surface area contributed by atoms with Gasteiger partial charge in [0.1, 0.15) is 11.4 Å². The maximum Gasteiger partial charge on any atom is 0.146 e. The first-order chi connectivity index (χ1) is 5.92. The number of fused-ring (bicyclic) bond motifs is 1. The molecule has 62 valence electrons. The van der Waals surface area contributed by atoms with Gasteiger partial charge in [0.2, 0.25) is 0 Å². The Morgan fingerprint density at radius 1 is 1.42 bits per heavy atom. The second-order valence-corrected chi connectivity index (χ2v) is 3.71. The highest BCUT2D eigenvalue weighted by Crippen LogP contribution is 2.39. The van der Waals surface area contributed by atoms with Crippen LogP contribution in [0.4, 0.5) is 5.69 Å². The van der Waals surface area contributed by atoms with Gasteiger partial charge in [-0.25, -0.2) is 0 Å². The first kappa shape index (κ1) is 7.82.